The highest BCUT2D eigenvalue weighted by Crippen LogP contribution is 2.35. The van der Waals surface area contributed by atoms with E-state index in [0.29, 0.717) is 11.3 Å². The third kappa shape index (κ3) is 2.93. The first kappa shape index (κ1) is 14.8. The molecule has 0 aliphatic carbocycles. The summed E-state index contributed by atoms with van der Waals surface area (Å²) < 4.78 is 26.0. The molecule has 2 N–H and O–H groups in total. The van der Waals surface area contributed by atoms with Crippen LogP contribution in [0.2, 0.25) is 0 Å². The first-order chi connectivity index (χ1) is 9.85. The van der Waals surface area contributed by atoms with Crippen LogP contribution in [0.3, 0.4) is 0 Å². The maximum Gasteiger partial charge on any atom is 0.297 e. The Bertz CT molecular complexity index is 851. The fourth-order valence-electron chi connectivity index (χ4n) is 1.49. The number of rotatable bonds is 4. The van der Waals surface area contributed by atoms with Crippen molar-refractivity contribution in [2.45, 2.75) is 4.21 Å². The molecular formula is C11H7N3O5S2. The number of nitrogens with zero attached hydrogens (tertiary/aromatic N) is 2. The number of nitriles is 1. The van der Waals surface area contributed by atoms with E-state index >= 15 is 0 Å². The number of phenols is 1. The summed E-state index contributed by atoms with van der Waals surface area (Å²) in [6, 6.07) is 7.73. The lowest BCUT2D eigenvalue weighted by atomic mass is 10.2. The summed E-state index contributed by atoms with van der Waals surface area (Å²) in [5.41, 5.74) is -1.09. The number of hydrogen-bond acceptors (Lipinski definition) is 7. The van der Waals surface area contributed by atoms with Crippen molar-refractivity contribution in [1.29, 1.82) is 5.26 Å². The number of aromatic hydroxyl groups is 1. The van der Waals surface area contributed by atoms with Crippen LogP contribution in [-0.4, -0.2) is 18.4 Å². The second-order valence-corrected chi connectivity index (χ2v) is 6.76. The van der Waals surface area contributed by atoms with Crippen LogP contribution >= 0.6 is 11.3 Å². The van der Waals surface area contributed by atoms with Gasteiger partial charge in [0.1, 0.15) is 20.9 Å². The highest BCUT2D eigenvalue weighted by Gasteiger charge is 2.24. The quantitative estimate of drug-likeness (QED) is 0.502. The molecule has 8 nitrogen and oxygen atoms in total. The van der Waals surface area contributed by atoms with Gasteiger partial charge in [-0.25, -0.2) is 8.42 Å². The molecule has 0 bridgehead atoms. The van der Waals surface area contributed by atoms with Crippen LogP contribution in [0, 0.1) is 21.4 Å². The van der Waals surface area contributed by atoms with E-state index in [4.69, 9.17) is 5.26 Å². The SMILES string of the molecule is N#Cc1ccc(S(=O)(=O)Nc2c(O)cccc2[N+](=O)[O-])s1. The first-order valence-corrected chi connectivity index (χ1v) is 7.64. The van der Waals surface area contributed by atoms with Gasteiger partial charge in [-0.1, -0.05) is 6.07 Å². The largest absolute Gasteiger partial charge is 0.505 e. The second kappa shape index (κ2) is 5.39. The van der Waals surface area contributed by atoms with Crippen molar-refractivity contribution in [2.24, 2.45) is 0 Å². The van der Waals surface area contributed by atoms with Crippen LogP contribution in [0.15, 0.2) is 34.5 Å². The zero-order valence-electron chi connectivity index (χ0n) is 10.2. The Morgan fingerprint density at radius 1 is 1.33 bits per heavy atom. The molecule has 10 heteroatoms. The van der Waals surface area contributed by atoms with E-state index in [0.717, 1.165) is 12.1 Å². The predicted molar refractivity (Wildman–Crippen MR) is 74.6 cm³/mol. The number of para-hydroxylation sites is 1. The monoisotopic (exact) mass is 325 g/mol. The number of nitrogens with one attached hydrogen (secondary N) is 1. The minimum atomic E-state index is -4.13. The number of anilines is 1. The van der Waals surface area contributed by atoms with Crippen LogP contribution in [0.5, 0.6) is 5.75 Å². The van der Waals surface area contributed by atoms with E-state index in [1.54, 1.807) is 6.07 Å². The van der Waals surface area contributed by atoms with E-state index in [2.05, 4.69) is 0 Å². The second-order valence-electron chi connectivity index (χ2n) is 3.76. The standard InChI is InChI=1S/C11H7N3O5S2/c12-6-7-4-5-10(20-7)21(18,19)13-11-8(14(16)17)2-1-3-9(11)15/h1-5,13,15H. The Labute approximate surface area is 123 Å². The van der Waals surface area contributed by atoms with E-state index in [1.807, 2.05) is 4.72 Å². The fourth-order valence-corrected chi connectivity index (χ4v) is 3.69. The van der Waals surface area contributed by atoms with Gasteiger partial charge in [0.15, 0.2) is 5.69 Å². The van der Waals surface area contributed by atoms with Crippen LogP contribution in [-0.2, 0) is 10.0 Å². The molecule has 1 aromatic heterocycles. The molecule has 0 spiro atoms. The molecular weight excluding hydrogens is 318 g/mol. The Hall–Kier alpha value is -2.64. The summed E-state index contributed by atoms with van der Waals surface area (Å²) in [6.07, 6.45) is 0. The highest BCUT2D eigenvalue weighted by atomic mass is 32.2. The number of hydrogen-bond donors (Lipinski definition) is 2. The van der Waals surface area contributed by atoms with Crippen molar-refractivity contribution in [3.63, 3.8) is 0 Å². The first-order valence-electron chi connectivity index (χ1n) is 5.34. The lowest BCUT2D eigenvalue weighted by Gasteiger charge is -2.08. The van der Waals surface area contributed by atoms with E-state index in [1.165, 1.54) is 18.2 Å². The van der Waals surface area contributed by atoms with Crippen molar-refractivity contribution in [3.05, 3.63) is 45.3 Å². The Kier molecular flexibility index (Phi) is 3.79. The van der Waals surface area contributed by atoms with Gasteiger partial charge in [0, 0.05) is 6.07 Å². The summed E-state index contributed by atoms with van der Waals surface area (Å²) in [7, 11) is -4.13. The number of sulfonamides is 1. The van der Waals surface area contributed by atoms with E-state index in [-0.39, 0.29) is 9.09 Å². The van der Waals surface area contributed by atoms with Crippen molar-refractivity contribution in [2.75, 3.05) is 4.72 Å². The van der Waals surface area contributed by atoms with Crippen LogP contribution in [0.1, 0.15) is 4.88 Å². The van der Waals surface area contributed by atoms with Crippen LogP contribution in [0.4, 0.5) is 11.4 Å². The Balaban J connectivity index is 2.47. The fraction of sp³-hybridized carbons (Fsp3) is 0. The molecule has 0 radical (unpaired) electrons. The molecule has 1 aromatic carbocycles. The van der Waals surface area contributed by atoms with Crippen molar-refractivity contribution < 1.29 is 18.4 Å². The molecule has 0 unspecified atom stereocenters. The van der Waals surface area contributed by atoms with Gasteiger partial charge >= 0.3 is 0 Å². The van der Waals surface area contributed by atoms with Crippen LogP contribution < -0.4 is 4.72 Å². The molecule has 2 aromatic rings. The van der Waals surface area contributed by atoms with Crippen molar-refractivity contribution in [3.8, 4) is 11.8 Å². The van der Waals surface area contributed by atoms with E-state index < -0.39 is 32.1 Å². The minimum Gasteiger partial charge on any atom is -0.505 e. The number of benzene rings is 1. The van der Waals surface area contributed by atoms with Gasteiger partial charge in [-0.2, -0.15) is 5.26 Å². The molecule has 108 valence electrons. The number of nitro groups is 1. The number of nitro benzene ring substituents is 1. The maximum atomic E-state index is 12.1. The normalized spacial score (nSPS) is 10.8. The lowest BCUT2D eigenvalue weighted by Crippen LogP contribution is -2.12. The number of thiophene rings is 1. The third-order valence-electron chi connectivity index (χ3n) is 2.41. The highest BCUT2D eigenvalue weighted by molar-refractivity contribution is 7.94. The average molecular weight is 325 g/mol. The topological polar surface area (TPSA) is 133 Å². The molecule has 0 fully saturated rings. The van der Waals surface area contributed by atoms with Gasteiger partial charge < -0.3 is 5.11 Å². The summed E-state index contributed by atoms with van der Waals surface area (Å²) in [6.45, 7) is 0. The molecule has 2 rings (SSSR count). The molecule has 21 heavy (non-hydrogen) atoms. The van der Waals surface area contributed by atoms with Gasteiger partial charge in [0.2, 0.25) is 0 Å². The maximum absolute atomic E-state index is 12.1. The minimum absolute atomic E-state index is 0.183. The Morgan fingerprint density at radius 2 is 2.05 bits per heavy atom. The van der Waals surface area contributed by atoms with Crippen LogP contribution in [0.25, 0.3) is 0 Å². The predicted octanol–water partition coefficient (Wildman–Crippen LogP) is 2.03. The molecule has 1 heterocycles. The van der Waals surface area contributed by atoms with Crippen molar-refractivity contribution >= 4 is 32.7 Å². The number of phenolic OH excluding ortho intramolecular Hbond substituents is 1. The molecule has 0 aliphatic heterocycles. The zero-order valence-corrected chi connectivity index (χ0v) is 11.8. The average Bonchev–Trinajstić information content (AvgIpc) is 2.90. The summed E-state index contributed by atoms with van der Waals surface area (Å²) >= 11 is 0.716. The van der Waals surface area contributed by atoms with Gasteiger partial charge in [-0.05, 0) is 18.2 Å². The van der Waals surface area contributed by atoms with Gasteiger partial charge in [0.25, 0.3) is 15.7 Å². The smallest absolute Gasteiger partial charge is 0.297 e. The molecule has 0 aliphatic rings. The van der Waals surface area contributed by atoms with E-state index in [9.17, 15) is 23.6 Å². The zero-order chi connectivity index (χ0) is 15.6. The molecule has 0 saturated carbocycles. The van der Waals surface area contributed by atoms with Gasteiger partial charge in [-0.3, -0.25) is 14.8 Å². The summed E-state index contributed by atoms with van der Waals surface area (Å²) in [5.74, 6) is -0.565. The summed E-state index contributed by atoms with van der Waals surface area (Å²) in [4.78, 5) is 10.2. The summed E-state index contributed by atoms with van der Waals surface area (Å²) in [5, 5.41) is 29.2. The van der Waals surface area contributed by atoms with Gasteiger partial charge in [0.05, 0.1) is 4.92 Å². The Morgan fingerprint density at radius 3 is 2.62 bits per heavy atom. The van der Waals surface area contributed by atoms with Gasteiger partial charge in [-0.15, -0.1) is 11.3 Å². The van der Waals surface area contributed by atoms with Crippen molar-refractivity contribution in [1.82, 2.24) is 0 Å². The third-order valence-corrected chi connectivity index (χ3v) is 5.24. The molecule has 0 amide bonds. The lowest BCUT2D eigenvalue weighted by molar-refractivity contribution is -0.383. The molecule has 0 atom stereocenters. The molecule has 0 saturated heterocycles.